The van der Waals surface area contributed by atoms with Gasteiger partial charge in [-0.05, 0) is 11.6 Å². The minimum Gasteiger partial charge on any atom is -0.469 e. The van der Waals surface area contributed by atoms with Crippen molar-refractivity contribution < 1.29 is 19.0 Å². The van der Waals surface area contributed by atoms with Crippen molar-refractivity contribution in [3.63, 3.8) is 0 Å². The molecule has 2 rings (SSSR count). The zero-order valence-corrected chi connectivity index (χ0v) is 11.7. The van der Waals surface area contributed by atoms with E-state index in [0.717, 1.165) is 10.0 Å². The molecule has 0 amide bonds. The summed E-state index contributed by atoms with van der Waals surface area (Å²) in [7, 11) is 1.37. The lowest BCUT2D eigenvalue weighted by Crippen LogP contribution is -2.18. The molecule has 1 fully saturated rings. The first-order chi connectivity index (χ1) is 8.69. The van der Waals surface area contributed by atoms with Crippen LogP contribution in [0.3, 0.4) is 0 Å². The van der Waals surface area contributed by atoms with Gasteiger partial charge in [-0.1, -0.05) is 34.1 Å². The lowest BCUT2D eigenvalue weighted by atomic mass is 10.1. The van der Waals surface area contributed by atoms with Gasteiger partial charge in [-0.25, -0.2) is 0 Å². The first-order valence-electron chi connectivity index (χ1n) is 5.76. The van der Waals surface area contributed by atoms with Crippen LogP contribution in [0, 0.1) is 0 Å². The molecule has 0 saturated carbocycles. The fourth-order valence-corrected chi connectivity index (χ4v) is 2.28. The molecule has 1 saturated heterocycles. The summed E-state index contributed by atoms with van der Waals surface area (Å²) in [5, 5.41) is 0. The zero-order valence-electron chi connectivity index (χ0n) is 10.1. The number of hydrogen-bond donors (Lipinski definition) is 0. The molecule has 0 N–H and O–H groups in total. The molecule has 0 aromatic heterocycles. The van der Waals surface area contributed by atoms with Gasteiger partial charge in [0.2, 0.25) is 0 Å². The van der Waals surface area contributed by atoms with E-state index >= 15 is 0 Å². The number of carbonyl (C=O) groups excluding carboxylic acids is 1. The summed E-state index contributed by atoms with van der Waals surface area (Å²) in [4.78, 5) is 11.1. The summed E-state index contributed by atoms with van der Waals surface area (Å²) in [6, 6.07) is 7.94. The second-order valence-electron chi connectivity index (χ2n) is 4.10. The van der Waals surface area contributed by atoms with E-state index in [1.54, 1.807) is 0 Å². The van der Waals surface area contributed by atoms with Crippen LogP contribution in [0.2, 0.25) is 0 Å². The van der Waals surface area contributed by atoms with Crippen molar-refractivity contribution in [1.29, 1.82) is 0 Å². The summed E-state index contributed by atoms with van der Waals surface area (Å²) in [6.45, 7) is 0.435. The van der Waals surface area contributed by atoms with E-state index < -0.39 is 0 Å². The third-order valence-electron chi connectivity index (χ3n) is 2.78. The van der Waals surface area contributed by atoms with Crippen molar-refractivity contribution in [2.24, 2.45) is 0 Å². The molecule has 5 heteroatoms. The van der Waals surface area contributed by atoms with E-state index in [1.165, 1.54) is 7.11 Å². The Balaban J connectivity index is 1.86. The van der Waals surface area contributed by atoms with Crippen LogP contribution >= 0.6 is 15.9 Å². The number of hydrogen-bond acceptors (Lipinski definition) is 4. The van der Waals surface area contributed by atoms with Crippen molar-refractivity contribution in [1.82, 2.24) is 0 Å². The van der Waals surface area contributed by atoms with Crippen LogP contribution < -0.4 is 0 Å². The van der Waals surface area contributed by atoms with Crippen molar-refractivity contribution in [2.45, 2.75) is 25.2 Å². The van der Waals surface area contributed by atoms with Gasteiger partial charge in [0.1, 0.15) is 0 Å². The predicted molar refractivity (Wildman–Crippen MR) is 69.1 cm³/mol. The van der Waals surface area contributed by atoms with Gasteiger partial charge < -0.3 is 14.2 Å². The Morgan fingerprint density at radius 3 is 3.00 bits per heavy atom. The second kappa shape index (κ2) is 6.31. The molecule has 1 aromatic carbocycles. The third-order valence-corrected chi connectivity index (χ3v) is 3.55. The highest BCUT2D eigenvalue weighted by Crippen LogP contribution is 2.23. The number of esters is 1. The van der Waals surface area contributed by atoms with Crippen LogP contribution in [-0.4, -0.2) is 32.1 Å². The highest BCUT2D eigenvalue weighted by molar-refractivity contribution is 9.10. The van der Waals surface area contributed by atoms with E-state index in [1.807, 2.05) is 24.3 Å². The Hall–Kier alpha value is -0.910. The summed E-state index contributed by atoms with van der Waals surface area (Å²) in [5.41, 5.74) is 1.13. The Bertz CT molecular complexity index is 421. The fraction of sp³-hybridized carbons (Fsp3) is 0.462. The zero-order chi connectivity index (χ0) is 13.0. The van der Waals surface area contributed by atoms with Gasteiger partial charge in [-0.15, -0.1) is 0 Å². The summed E-state index contributed by atoms with van der Waals surface area (Å²) >= 11 is 3.48. The lowest BCUT2D eigenvalue weighted by molar-refractivity contribution is -0.143. The first-order valence-corrected chi connectivity index (χ1v) is 6.55. The quantitative estimate of drug-likeness (QED) is 0.800. The molecule has 18 heavy (non-hydrogen) atoms. The van der Waals surface area contributed by atoms with E-state index in [4.69, 9.17) is 9.47 Å². The van der Waals surface area contributed by atoms with Crippen LogP contribution in [0.1, 0.15) is 12.0 Å². The van der Waals surface area contributed by atoms with E-state index in [-0.39, 0.29) is 24.8 Å². The highest BCUT2D eigenvalue weighted by Gasteiger charge is 2.28. The van der Waals surface area contributed by atoms with Gasteiger partial charge in [0.05, 0.1) is 26.2 Å². The van der Waals surface area contributed by atoms with Crippen LogP contribution in [0.15, 0.2) is 28.7 Å². The molecule has 0 radical (unpaired) electrons. The molecule has 1 heterocycles. The molecule has 4 nitrogen and oxygen atoms in total. The highest BCUT2D eigenvalue weighted by atomic mass is 79.9. The normalized spacial score (nSPS) is 23.0. The molecular weight excluding hydrogens is 300 g/mol. The average molecular weight is 315 g/mol. The standard InChI is InChI=1S/C13H15BrO4/c1-16-12(15)7-10-8-17-13(18-10)6-9-4-2-3-5-11(9)14/h2-5,10,13H,6-8H2,1H3. The largest absolute Gasteiger partial charge is 0.469 e. The van der Waals surface area contributed by atoms with E-state index in [2.05, 4.69) is 20.7 Å². The Labute approximate surface area is 114 Å². The van der Waals surface area contributed by atoms with Gasteiger partial charge in [0, 0.05) is 10.9 Å². The number of benzene rings is 1. The van der Waals surface area contributed by atoms with Gasteiger partial charge in [-0.3, -0.25) is 4.79 Å². The molecule has 0 spiro atoms. The maximum atomic E-state index is 11.1. The monoisotopic (exact) mass is 314 g/mol. The molecule has 0 bridgehead atoms. The molecule has 2 atom stereocenters. The van der Waals surface area contributed by atoms with Crippen LogP contribution in [0.25, 0.3) is 0 Å². The minimum absolute atomic E-state index is 0.204. The predicted octanol–water partition coefficient (Wildman–Crippen LogP) is 2.30. The van der Waals surface area contributed by atoms with Gasteiger partial charge in [0.15, 0.2) is 6.29 Å². The van der Waals surface area contributed by atoms with Gasteiger partial charge >= 0.3 is 5.97 Å². The van der Waals surface area contributed by atoms with Gasteiger partial charge in [-0.2, -0.15) is 0 Å². The van der Waals surface area contributed by atoms with Gasteiger partial charge in [0.25, 0.3) is 0 Å². The molecule has 0 aliphatic carbocycles. The maximum absolute atomic E-state index is 11.1. The number of rotatable bonds is 4. The Morgan fingerprint density at radius 1 is 1.50 bits per heavy atom. The molecule has 98 valence electrons. The number of carbonyl (C=O) groups is 1. The average Bonchev–Trinajstić information content (AvgIpc) is 2.79. The molecular formula is C13H15BrO4. The molecule has 2 unspecified atom stereocenters. The number of ether oxygens (including phenoxy) is 3. The van der Waals surface area contributed by atoms with Crippen LogP contribution in [0.5, 0.6) is 0 Å². The number of methoxy groups -OCH3 is 1. The molecule has 1 aromatic rings. The van der Waals surface area contributed by atoms with E-state index in [0.29, 0.717) is 13.0 Å². The number of halogens is 1. The summed E-state index contributed by atoms with van der Waals surface area (Å²) < 4.78 is 16.8. The Kier molecular flexibility index (Phi) is 4.74. The van der Waals surface area contributed by atoms with Crippen molar-refractivity contribution in [2.75, 3.05) is 13.7 Å². The molecule has 1 aliphatic rings. The van der Waals surface area contributed by atoms with Crippen LogP contribution in [0.4, 0.5) is 0 Å². The van der Waals surface area contributed by atoms with Crippen molar-refractivity contribution in [3.05, 3.63) is 34.3 Å². The summed E-state index contributed by atoms with van der Waals surface area (Å²) in [6.07, 6.45) is 0.408. The summed E-state index contributed by atoms with van der Waals surface area (Å²) in [5.74, 6) is -0.273. The molecule has 1 aliphatic heterocycles. The minimum atomic E-state index is -0.293. The first kappa shape index (κ1) is 13.5. The van der Waals surface area contributed by atoms with Crippen LogP contribution in [-0.2, 0) is 25.4 Å². The topological polar surface area (TPSA) is 44.8 Å². The lowest BCUT2D eigenvalue weighted by Gasteiger charge is -2.12. The third kappa shape index (κ3) is 3.54. The SMILES string of the molecule is COC(=O)CC1COC(Cc2ccccc2Br)O1. The van der Waals surface area contributed by atoms with Crippen molar-refractivity contribution in [3.8, 4) is 0 Å². The second-order valence-corrected chi connectivity index (χ2v) is 4.95. The van der Waals surface area contributed by atoms with E-state index in [9.17, 15) is 4.79 Å². The van der Waals surface area contributed by atoms with Crippen molar-refractivity contribution >= 4 is 21.9 Å². The smallest absolute Gasteiger partial charge is 0.308 e. The fourth-order valence-electron chi connectivity index (χ4n) is 1.83. The maximum Gasteiger partial charge on any atom is 0.308 e. The Morgan fingerprint density at radius 2 is 2.28 bits per heavy atom.